The molecule has 0 aliphatic heterocycles. The number of hydrogen-bond donors (Lipinski definition) is 3. The lowest BCUT2D eigenvalue weighted by Crippen LogP contribution is -2.22. The van der Waals surface area contributed by atoms with Gasteiger partial charge in [0.15, 0.2) is 0 Å². The van der Waals surface area contributed by atoms with Gasteiger partial charge in [-0.3, -0.25) is 9.59 Å². The summed E-state index contributed by atoms with van der Waals surface area (Å²) in [5.41, 5.74) is 0.523. The molecule has 0 unspecified atom stereocenters. The number of benzene rings is 3. The predicted molar refractivity (Wildman–Crippen MR) is 139 cm³/mol. The van der Waals surface area contributed by atoms with E-state index in [9.17, 15) is 22.8 Å². The van der Waals surface area contributed by atoms with E-state index in [0.717, 1.165) is 31.4 Å². The van der Waals surface area contributed by atoms with Crippen molar-refractivity contribution in [1.82, 2.24) is 0 Å². The van der Waals surface area contributed by atoms with Crippen LogP contribution >= 0.6 is 0 Å². The SMILES string of the molecule is CCCCCCOc1cccc(NC(=O)CNc2cccc(C(=O)Nc3cccc(C(F)(F)F)c3)c2)c1. The molecule has 0 radical (unpaired) electrons. The van der Waals surface area contributed by atoms with E-state index < -0.39 is 17.6 Å². The van der Waals surface area contributed by atoms with Crippen molar-refractivity contribution >= 4 is 28.9 Å². The number of carbonyl (C=O) groups excluding carboxylic acids is 2. The fourth-order valence-electron chi connectivity index (χ4n) is 3.52. The van der Waals surface area contributed by atoms with Crippen LogP contribution in [0.4, 0.5) is 30.2 Å². The second-order valence-corrected chi connectivity index (χ2v) is 8.45. The largest absolute Gasteiger partial charge is 0.494 e. The fraction of sp³-hybridized carbons (Fsp3) is 0.286. The molecule has 196 valence electrons. The number of amides is 2. The van der Waals surface area contributed by atoms with Crippen molar-refractivity contribution in [3.8, 4) is 5.75 Å². The first-order valence-electron chi connectivity index (χ1n) is 12.1. The summed E-state index contributed by atoms with van der Waals surface area (Å²) in [5, 5.41) is 8.21. The maximum absolute atomic E-state index is 12.9. The number of rotatable bonds is 12. The predicted octanol–water partition coefficient (Wildman–Crippen LogP) is 6.97. The maximum Gasteiger partial charge on any atom is 0.416 e. The van der Waals surface area contributed by atoms with Gasteiger partial charge in [-0.1, -0.05) is 44.4 Å². The summed E-state index contributed by atoms with van der Waals surface area (Å²) in [7, 11) is 0. The topological polar surface area (TPSA) is 79.5 Å². The highest BCUT2D eigenvalue weighted by atomic mass is 19.4. The van der Waals surface area contributed by atoms with Gasteiger partial charge in [-0.25, -0.2) is 0 Å². The van der Waals surface area contributed by atoms with E-state index in [1.54, 1.807) is 30.3 Å². The van der Waals surface area contributed by atoms with Crippen LogP contribution in [0.3, 0.4) is 0 Å². The molecule has 0 aliphatic carbocycles. The van der Waals surface area contributed by atoms with Crippen LogP contribution in [-0.4, -0.2) is 25.0 Å². The quantitative estimate of drug-likeness (QED) is 0.229. The summed E-state index contributed by atoms with van der Waals surface area (Å²) in [6.45, 7) is 2.72. The zero-order chi connectivity index (χ0) is 26.7. The molecule has 0 aromatic heterocycles. The van der Waals surface area contributed by atoms with Gasteiger partial charge in [0, 0.05) is 28.7 Å². The van der Waals surface area contributed by atoms with Crippen LogP contribution in [0.15, 0.2) is 72.8 Å². The molecule has 3 aromatic rings. The molecule has 0 spiro atoms. The third-order valence-corrected chi connectivity index (χ3v) is 5.41. The van der Waals surface area contributed by atoms with E-state index in [-0.39, 0.29) is 23.7 Å². The summed E-state index contributed by atoms with van der Waals surface area (Å²) >= 11 is 0. The summed E-state index contributed by atoms with van der Waals surface area (Å²) in [6.07, 6.45) is -0.0749. The number of anilines is 3. The number of halogens is 3. The summed E-state index contributed by atoms with van der Waals surface area (Å²) in [5.74, 6) is -0.181. The Morgan fingerprint density at radius 2 is 1.51 bits per heavy atom. The number of carbonyl (C=O) groups is 2. The minimum absolute atomic E-state index is 0.0322. The highest BCUT2D eigenvalue weighted by Crippen LogP contribution is 2.30. The van der Waals surface area contributed by atoms with Gasteiger partial charge >= 0.3 is 6.18 Å². The molecule has 0 fully saturated rings. The zero-order valence-corrected chi connectivity index (χ0v) is 20.5. The number of hydrogen-bond acceptors (Lipinski definition) is 4. The molecular formula is C28H30F3N3O3. The van der Waals surface area contributed by atoms with Gasteiger partial charge in [0.05, 0.1) is 18.7 Å². The van der Waals surface area contributed by atoms with Gasteiger partial charge in [-0.15, -0.1) is 0 Å². The lowest BCUT2D eigenvalue weighted by atomic mass is 10.1. The highest BCUT2D eigenvalue weighted by Gasteiger charge is 2.30. The molecule has 3 N–H and O–H groups in total. The van der Waals surface area contributed by atoms with E-state index in [4.69, 9.17) is 4.74 Å². The van der Waals surface area contributed by atoms with Gasteiger partial charge in [0.25, 0.3) is 5.91 Å². The molecule has 0 bridgehead atoms. The Labute approximate surface area is 214 Å². The third kappa shape index (κ3) is 9.18. The third-order valence-electron chi connectivity index (χ3n) is 5.41. The highest BCUT2D eigenvalue weighted by molar-refractivity contribution is 6.05. The van der Waals surface area contributed by atoms with Gasteiger partial charge in [0.1, 0.15) is 5.75 Å². The van der Waals surface area contributed by atoms with Crippen LogP contribution in [0, 0.1) is 0 Å². The van der Waals surface area contributed by atoms with Crippen molar-refractivity contribution in [1.29, 1.82) is 0 Å². The monoisotopic (exact) mass is 513 g/mol. The molecule has 0 saturated heterocycles. The number of nitrogens with one attached hydrogen (secondary N) is 3. The van der Waals surface area contributed by atoms with Crippen molar-refractivity contribution in [2.75, 3.05) is 29.1 Å². The number of unbranched alkanes of at least 4 members (excludes halogenated alkanes) is 3. The molecule has 0 aliphatic rings. The van der Waals surface area contributed by atoms with Crippen LogP contribution in [-0.2, 0) is 11.0 Å². The minimum Gasteiger partial charge on any atom is -0.494 e. The van der Waals surface area contributed by atoms with Crippen molar-refractivity contribution in [2.45, 2.75) is 38.8 Å². The summed E-state index contributed by atoms with van der Waals surface area (Å²) < 4.78 is 44.5. The van der Waals surface area contributed by atoms with E-state index in [1.807, 2.05) is 6.07 Å². The molecule has 6 nitrogen and oxygen atoms in total. The standard InChI is InChI=1S/C28H30F3N3O3/c1-2-3-4-5-15-37-25-14-8-13-24(18-25)33-26(35)19-32-22-11-6-9-20(16-22)27(36)34-23-12-7-10-21(17-23)28(29,30)31/h6-14,16-18,32H,2-5,15,19H2,1H3,(H,33,35)(H,34,36). The van der Waals surface area contributed by atoms with Gasteiger partial charge in [-0.2, -0.15) is 13.2 Å². The first-order chi connectivity index (χ1) is 17.7. The smallest absolute Gasteiger partial charge is 0.416 e. The van der Waals surface area contributed by atoms with Gasteiger partial charge in [0.2, 0.25) is 5.91 Å². The summed E-state index contributed by atoms with van der Waals surface area (Å²) in [6, 6.07) is 17.9. The average Bonchev–Trinajstić information content (AvgIpc) is 2.87. The van der Waals surface area contributed by atoms with Crippen LogP contribution in [0.25, 0.3) is 0 Å². The Bertz CT molecular complexity index is 1200. The average molecular weight is 514 g/mol. The number of alkyl halides is 3. The van der Waals surface area contributed by atoms with Crippen molar-refractivity contribution in [3.05, 3.63) is 83.9 Å². The number of ether oxygens (including phenoxy) is 1. The van der Waals surface area contributed by atoms with Crippen LogP contribution in [0.2, 0.25) is 0 Å². The Morgan fingerprint density at radius 3 is 2.27 bits per heavy atom. The molecule has 0 saturated carbocycles. The normalized spacial score (nSPS) is 11.0. The molecule has 9 heteroatoms. The van der Waals surface area contributed by atoms with Crippen molar-refractivity contribution < 1.29 is 27.5 Å². The van der Waals surface area contributed by atoms with Gasteiger partial charge in [-0.05, 0) is 55.0 Å². The van der Waals surface area contributed by atoms with Crippen molar-refractivity contribution in [2.24, 2.45) is 0 Å². The lowest BCUT2D eigenvalue weighted by molar-refractivity contribution is -0.137. The molecule has 0 atom stereocenters. The molecule has 37 heavy (non-hydrogen) atoms. The molecule has 0 heterocycles. The maximum atomic E-state index is 12.9. The Hall–Kier alpha value is -4.01. The van der Waals surface area contributed by atoms with Crippen LogP contribution < -0.4 is 20.7 Å². The molecule has 3 aromatic carbocycles. The first kappa shape index (κ1) is 27.6. The van der Waals surface area contributed by atoms with E-state index in [0.29, 0.717) is 23.7 Å². The second-order valence-electron chi connectivity index (χ2n) is 8.45. The second kappa shape index (κ2) is 13.3. The molecule has 2 amide bonds. The minimum atomic E-state index is -4.51. The summed E-state index contributed by atoms with van der Waals surface area (Å²) in [4.78, 5) is 25.0. The van der Waals surface area contributed by atoms with E-state index in [1.165, 1.54) is 30.7 Å². The molecule has 3 rings (SSSR count). The first-order valence-corrected chi connectivity index (χ1v) is 12.1. The van der Waals surface area contributed by atoms with Crippen molar-refractivity contribution in [3.63, 3.8) is 0 Å². The van der Waals surface area contributed by atoms with E-state index >= 15 is 0 Å². The zero-order valence-electron chi connectivity index (χ0n) is 20.5. The molecular weight excluding hydrogens is 483 g/mol. The van der Waals surface area contributed by atoms with E-state index in [2.05, 4.69) is 22.9 Å². The Balaban J connectivity index is 1.51. The van der Waals surface area contributed by atoms with Crippen LogP contribution in [0.1, 0.15) is 48.5 Å². The Morgan fingerprint density at radius 1 is 0.811 bits per heavy atom. The van der Waals surface area contributed by atoms with Crippen LogP contribution in [0.5, 0.6) is 5.75 Å². The Kier molecular flexibility index (Phi) is 9.94. The van der Waals surface area contributed by atoms with Gasteiger partial charge < -0.3 is 20.7 Å². The lowest BCUT2D eigenvalue weighted by Gasteiger charge is -2.12. The fourth-order valence-corrected chi connectivity index (χ4v) is 3.52.